The molecular formula is C16H26N2O5. The number of amides is 2. The smallest absolute Gasteiger partial charge is 0.309 e. The molecule has 0 aromatic heterocycles. The Kier molecular flexibility index (Phi) is 5.50. The van der Waals surface area contributed by atoms with Crippen LogP contribution in [-0.2, 0) is 23.8 Å². The van der Waals surface area contributed by atoms with Gasteiger partial charge in [0.05, 0.1) is 12.7 Å². The molecule has 7 heteroatoms. The van der Waals surface area contributed by atoms with Gasteiger partial charge in [-0.1, -0.05) is 6.42 Å². The summed E-state index contributed by atoms with van der Waals surface area (Å²) in [6.07, 6.45) is 7.08. The number of ether oxygens (including phenoxy) is 3. The van der Waals surface area contributed by atoms with E-state index in [1.165, 1.54) is 6.42 Å². The highest BCUT2D eigenvalue weighted by molar-refractivity contribution is 6.35. The van der Waals surface area contributed by atoms with Crippen molar-refractivity contribution in [3.63, 3.8) is 0 Å². The van der Waals surface area contributed by atoms with Crippen LogP contribution in [-0.4, -0.2) is 56.1 Å². The minimum atomic E-state index is -0.629. The van der Waals surface area contributed by atoms with Gasteiger partial charge in [0.1, 0.15) is 6.10 Å². The van der Waals surface area contributed by atoms with Crippen molar-refractivity contribution in [1.82, 2.24) is 10.6 Å². The van der Waals surface area contributed by atoms with Crippen LogP contribution in [0.4, 0.5) is 0 Å². The van der Waals surface area contributed by atoms with Crippen LogP contribution < -0.4 is 10.6 Å². The number of hydrogen-bond donors (Lipinski definition) is 2. The van der Waals surface area contributed by atoms with E-state index in [2.05, 4.69) is 10.6 Å². The van der Waals surface area contributed by atoms with Gasteiger partial charge in [-0.15, -0.1) is 0 Å². The Hall–Kier alpha value is -1.18. The lowest BCUT2D eigenvalue weighted by molar-refractivity contribution is -0.186. The third kappa shape index (κ3) is 4.43. The fourth-order valence-corrected chi connectivity index (χ4v) is 3.45. The largest absolute Gasteiger partial charge is 0.376 e. The topological polar surface area (TPSA) is 85.9 Å². The first-order valence-electron chi connectivity index (χ1n) is 8.66. The summed E-state index contributed by atoms with van der Waals surface area (Å²) >= 11 is 0. The minimum absolute atomic E-state index is 0.0319. The normalized spacial score (nSPS) is 29.6. The van der Waals surface area contributed by atoms with Gasteiger partial charge in [-0.2, -0.15) is 0 Å². The van der Waals surface area contributed by atoms with Crippen molar-refractivity contribution >= 4 is 11.8 Å². The van der Waals surface area contributed by atoms with Gasteiger partial charge in [-0.05, 0) is 25.7 Å². The summed E-state index contributed by atoms with van der Waals surface area (Å²) in [4.78, 5) is 23.6. The molecular weight excluding hydrogens is 300 g/mol. The average molecular weight is 326 g/mol. The maximum absolute atomic E-state index is 11.8. The zero-order valence-electron chi connectivity index (χ0n) is 13.5. The number of hydrogen-bond acceptors (Lipinski definition) is 5. The molecule has 2 amide bonds. The number of nitrogens with one attached hydrogen (secondary N) is 2. The molecule has 3 rings (SSSR count). The summed E-state index contributed by atoms with van der Waals surface area (Å²) in [5, 5.41) is 5.23. The molecule has 1 aliphatic carbocycles. The highest BCUT2D eigenvalue weighted by Crippen LogP contribution is 2.37. The van der Waals surface area contributed by atoms with E-state index in [0.29, 0.717) is 19.7 Å². The fourth-order valence-electron chi connectivity index (χ4n) is 3.45. The summed E-state index contributed by atoms with van der Waals surface area (Å²) in [7, 11) is 0. The van der Waals surface area contributed by atoms with Gasteiger partial charge in [-0.25, -0.2) is 0 Å². The van der Waals surface area contributed by atoms with Crippen molar-refractivity contribution in [1.29, 1.82) is 0 Å². The zero-order chi connectivity index (χ0) is 16.1. The molecule has 2 N–H and O–H groups in total. The van der Waals surface area contributed by atoms with Gasteiger partial charge in [0.2, 0.25) is 0 Å². The van der Waals surface area contributed by atoms with E-state index in [9.17, 15) is 9.59 Å². The van der Waals surface area contributed by atoms with E-state index < -0.39 is 17.6 Å². The van der Waals surface area contributed by atoms with Crippen LogP contribution in [0.1, 0.15) is 44.9 Å². The van der Waals surface area contributed by atoms with Gasteiger partial charge in [0.15, 0.2) is 5.79 Å². The maximum Gasteiger partial charge on any atom is 0.309 e. The molecule has 2 heterocycles. The minimum Gasteiger partial charge on any atom is -0.376 e. The van der Waals surface area contributed by atoms with Gasteiger partial charge in [0.25, 0.3) is 0 Å². The molecule has 3 aliphatic rings. The molecule has 2 saturated heterocycles. The number of carbonyl (C=O) groups excluding carboxylic acids is 2. The fraction of sp³-hybridized carbons (Fsp3) is 0.875. The van der Waals surface area contributed by atoms with Crippen LogP contribution >= 0.6 is 0 Å². The van der Waals surface area contributed by atoms with Crippen LogP contribution in [0, 0.1) is 0 Å². The number of carbonyl (C=O) groups is 2. The van der Waals surface area contributed by atoms with Crippen LogP contribution in [0.5, 0.6) is 0 Å². The van der Waals surface area contributed by atoms with E-state index >= 15 is 0 Å². The van der Waals surface area contributed by atoms with Crippen molar-refractivity contribution in [3.8, 4) is 0 Å². The van der Waals surface area contributed by atoms with Crippen molar-refractivity contribution in [2.75, 3.05) is 26.3 Å². The zero-order valence-corrected chi connectivity index (χ0v) is 13.5. The molecule has 2 aliphatic heterocycles. The predicted molar refractivity (Wildman–Crippen MR) is 81.6 cm³/mol. The molecule has 23 heavy (non-hydrogen) atoms. The Morgan fingerprint density at radius 2 is 1.65 bits per heavy atom. The first-order chi connectivity index (χ1) is 11.2. The summed E-state index contributed by atoms with van der Waals surface area (Å²) in [5.74, 6) is -1.70. The van der Waals surface area contributed by atoms with Gasteiger partial charge in [-0.3, -0.25) is 9.59 Å². The highest BCUT2D eigenvalue weighted by atomic mass is 16.7. The summed E-state index contributed by atoms with van der Waals surface area (Å²) in [5.41, 5.74) is 0. The van der Waals surface area contributed by atoms with Crippen molar-refractivity contribution < 1.29 is 23.8 Å². The van der Waals surface area contributed by atoms with Crippen LogP contribution in [0.2, 0.25) is 0 Å². The lowest BCUT2D eigenvalue weighted by atomic mass is 9.94. The monoisotopic (exact) mass is 326 g/mol. The van der Waals surface area contributed by atoms with Gasteiger partial charge < -0.3 is 24.8 Å². The molecule has 2 atom stereocenters. The lowest BCUT2D eigenvalue weighted by Gasteiger charge is -2.31. The molecule has 130 valence electrons. The molecule has 1 saturated carbocycles. The van der Waals surface area contributed by atoms with Crippen LogP contribution in [0.25, 0.3) is 0 Å². The molecule has 0 unspecified atom stereocenters. The highest BCUT2D eigenvalue weighted by Gasteiger charge is 2.42. The van der Waals surface area contributed by atoms with Crippen LogP contribution in [0.3, 0.4) is 0 Å². The third-order valence-corrected chi connectivity index (χ3v) is 4.74. The Bertz CT molecular complexity index is 430. The Labute approximate surface area is 136 Å². The first-order valence-corrected chi connectivity index (χ1v) is 8.66. The average Bonchev–Trinajstić information content (AvgIpc) is 3.21. The lowest BCUT2D eigenvalue weighted by Crippen LogP contribution is -2.45. The van der Waals surface area contributed by atoms with Gasteiger partial charge >= 0.3 is 11.8 Å². The summed E-state index contributed by atoms with van der Waals surface area (Å²) < 4.78 is 17.2. The second kappa shape index (κ2) is 7.59. The van der Waals surface area contributed by atoms with E-state index in [-0.39, 0.29) is 12.2 Å². The van der Waals surface area contributed by atoms with E-state index in [0.717, 1.165) is 45.1 Å². The third-order valence-electron chi connectivity index (χ3n) is 4.74. The van der Waals surface area contributed by atoms with Gasteiger partial charge in [0, 0.05) is 32.5 Å². The quantitative estimate of drug-likeness (QED) is 0.734. The standard InChI is InChI=1S/C16H26N2O5/c19-14(17-9-12-5-4-8-21-12)15(20)18-10-13-11-22-16(23-13)6-2-1-3-7-16/h12-13H,1-11H2,(H,17,19)(H,18,20)/t12-,13-/m0/s1. The predicted octanol–water partition coefficient (Wildman–Crippen LogP) is 0.474. The molecule has 0 aromatic carbocycles. The van der Waals surface area contributed by atoms with Crippen molar-refractivity contribution in [3.05, 3.63) is 0 Å². The Morgan fingerprint density at radius 3 is 2.30 bits per heavy atom. The first kappa shape index (κ1) is 16.7. The van der Waals surface area contributed by atoms with Crippen LogP contribution in [0.15, 0.2) is 0 Å². The van der Waals surface area contributed by atoms with Crippen molar-refractivity contribution in [2.45, 2.75) is 62.9 Å². The second-order valence-corrected chi connectivity index (χ2v) is 6.58. The Morgan fingerprint density at radius 1 is 0.957 bits per heavy atom. The molecule has 3 fully saturated rings. The molecule has 0 aromatic rings. The number of rotatable bonds is 4. The maximum atomic E-state index is 11.8. The van der Waals surface area contributed by atoms with Crippen molar-refractivity contribution in [2.24, 2.45) is 0 Å². The SMILES string of the molecule is O=C(NC[C@@H]1CCCO1)C(=O)NC[C@H]1COC2(CCCCC2)O1. The Balaban J connectivity index is 1.34. The van der Waals surface area contributed by atoms with E-state index in [1.807, 2.05) is 0 Å². The van der Waals surface area contributed by atoms with E-state index in [1.54, 1.807) is 0 Å². The molecule has 1 spiro atoms. The molecule has 0 radical (unpaired) electrons. The second-order valence-electron chi connectivity index (χ2n) is 6.58. The summed E-state index contributed by atoms with van der Waals surface area (Å²) in [6.45, 7) is 1.89. The van der Waals surface area contributed by atoms with E-state index in [4.69, 9.17) is 14.2 Å². The molecule has 0 bridgehead atoms. The molecule has 7 nitrogen and oxygen atoms in total. The summed E-state index contributed by atoms with van der Waals surface area (Å²) in [6, 6.07) is 0.